The summed E-state index contributed by atoms with van der Waals surface area (Å²) < 4.78 is 5.09. The fourth-order valence-electron chi connectivity index (χ4n) is 1.66. The highest BCUT2D eigenvalue weighted by atomic mass is 16.6. The smallest absolute Gasteiger partial charge is 0.407 e. The zero-order valence-electron chi connectivity index (χ0n) is 14.0. The van der Waals surface area contributed by atoms with Crippen LogP contribution >= 0.6 is 0 Å². The van der Waals surface area contributed by atoms with Gasteiger partial charge in [-0.05, 0) is 33.1 Å². The lowest BCUT2D eigenvalue weighted by molar-refractivity contribution is -0.124. The molecule has 0 saturated heterocycles. The predicted octanol–water partition coefficient (Wildman–Crippen LogP) is 1.67. The normalized spacial score (nSPS) is 14.5. The molecule has 21 heavy (non-hydrogen) atoms. The molecule has 0 aromatic heterocycles. The number of aliphatic hydroxyl groups is 1. The number of aliphatic hydroxyl groups excluding tert-OH is 1. The predicted molar refractivity (Wildman–Crippen MR) is 81.9 cm³/mol. The van der Waals surface area contributed by atoms with Crippen LogP contribution in [0.25, 0.3) is 0 Å². The van der Waals surface area contributed by atoms with Gasteiger partial charge in [0.1, 0.15) is 5.60 Å². The second-order valence-corrected chi connectivity index (χ2v) is 6.81. The van der Waals surface area contributed by atoms with Crippen molar-refractivity contribution >= 4 is 12.0 Å². The van der Waals surface area contributed by atoms with E-state index >= 15 is 0 Å². The van der Waals surface area contributed by atoms with Gasteiger partial charge in [-0.2, -0.15) is 0 Å². The third kappa shape index (κ3) is 11.1. The van der Waals surface area contributed by atoms with Crippen LogP contribution in [0, 0.1) is 11.8 Å². The molecular formula is C15H30N2O4. The van der Waals surface area contributed by atoms with Gasteiger partial charge in [0, 0.05) is 13.1 Å². The van der Waals surface area contributed by atoms with Crippen molar-refractivity contribution in [3.63, 3.8) is 0 Å². The molecule has 124 valence electrons. The largest absolute Gasteiger partial charge is 0.444 e. The average Bonchev–Trinajstić information content (AvgIpc) is 2.29. The first-order valence-corrected chi connectivity index (χ1v) is 7.44. The summed E-state index contributed by atoms with van der Waals surface area (Å²) in [4.78, 5) is 23.3. The summed E-state index contributed by atoms with van der Waals surface area (Å²) >= 11 is 0. The summed E-state index contributed by atoms with van der Waals surface area (Å²) in [7, 11) is 0. The van der Waals surface area contributed by atoms with Crippen LogP contribution in [0.2, 0.25) is 0 Å². The van der Waals surface area contributed by atoms with Crippen LogP contribution in [0.3, 0.4) is 0 Å². The molecule has 0 aliphatic carbocycles. The number of amides is 2. The van der Waals surface area contributed by atoms with Gasteiger partial charge in [-0.3, -0.25) is 4.79 Å². The Kier molecular flexibility index (Phi) is 8.32. The van der Waals surface area contributed by atoms with E-state index in [-0.39, 0.29) is 24.9 Å². The van der Waals surface area contributed by atoms with Crippen molar-refractivity contribution in [2.24, 2.45) is 11.8 Å². The molecule has 0 saturated carbocycles. The van der Waals surface area contributed by atoms with E-state index in [1.165, 1.54) is 0 Å². The molecule has 6 nitrogen and oxygen atoms in total. The third-order valence-electron chi connectivity index (χ3n) is 2.65. The van der Waals surface area contributed by atoms with E-state index < -0.39 is 17.8 Å². The lowest BCUT2D eigenvalue weighted by Crippen LogP contribution is -2.41. The number of carbonyl (C=O) groups is 2. The molecule has 0 rings (SSSR count). The van der Waals surface area contributed by atoms with Gasteiger partial charge in [0.25, 0.3) is 0 Å². The van der Waals surface area contributed by atoms with Gasteiger partial charge in [-0.1, -0.05) is 20.8 Å². The zero-order chi connectivity index (χ0) is 16.6. The first-order valence-electron chi connectivity index (χ1n) is 7.44. The first kappa shape index (κ1) is 19.7. The Hall–Kier alpha value is -1.30. The summed E-state index contributed by atoms with van der Waals surface area (Å²) in [5.74, 6) is -0.208. The van der Waals surface area contributed by atoms with Crippen molar-refractivity contribution in [3.05, 3.63) is 0 Å². The average molecular weight is 302 g/mol. The van der Waals surface area contributed by atoms with Gasteiger partial charge in [-0.25, -0.2) is 4.79 Å². The summed E-state index contributed by atoms with van der Waals surface area (Å²) in [5.41, 5.74) is -0.559. The molecule has 2 atom stereocenters. The fraction of sp³-hybridized carbons (Fsp3) is 0.867. The maximum atomic E-state index is 11.8. The van der Waals surface area contributed by atoms with Crippen LogP contribution in [0.15, 0.2) is 0 Å². The number of alkyl carbamates (subject to hydrolysis) is 1. The van der Waals surface area contributed by atoms with Crippen molar-refractivity contribution in [3.8, 4) is 0 Å². The van der Waals surface area contributed by atoms with E-state index in [2.05, 4.69) is 10.6 Å². The van der Waals surface area contributed by atoms with E-state index in [1.807, 2.05) is 13.8 Å². The summed E-state index contributed by atoms with van der Waals surface area (Å²) in [6, 6.07) is 0. The van der Waals surface area contributed by atoms with Gasteiger partial charge in [0.15, 0.2) is 0 Å². The highest BCUT2D eigenvalue weighted by Gasteiger charge is 2.19. The monoisotopic (exact) mass is 302 g/mol. The fourth-order valence-corrected chi connectivity index (χ4v) is 1.66. The Morgan fingerprint density at radius 3 is 2.14 bits per heavy atom. The number of hydrogen-bond acceptors (Lipinski definition) is 4. The summed E-state index contributed by atoms with van der Waals surface area (Å²) in [5, 5.41) is 14.9. The molecule has 0 heterocycles. The van der Waals surface area contributed by atoms with E-state index in [0.29, 0.717) is 12.3 Å². The number of ether oxygens (including phenoxy) is 1. The topological polar surface area (TPSA) is 87.7 Å². The highest BCUT2D eigenvalue weighted by Crippen LogP contribution is 2.07. The first-order chi connectivity index (χ1) is 9.51. The van der Waals surface area contributed by atoms with Crippen molar-refractivity contribution in [1.82, 2.24) is 10.6 Å². The molecule has 0 spiro atoms. The van der Waals surface area contributed by atoms with Gasteiger partial charge >= 0.3 is 6.09 Å². The Labute approximate surface area is 127 Å². The van der Waals surface area contributed by atoms with Gasteiger partial charge in [-0.15, -0.1) is 0 Å². The minimum absolute atomic E-state index is 0.195. The van der Waals surface area contributed by atoms with E-state index in [1.54, 1.807) is 27.7 Å². The second-order valence-electron chi connectivity index (χ2n) is 6.81. The second kappa shape index (κ2) is 8.87. The van der Waals surface area contributed by atoms with Crippen LogP contribution < -0.4 is 10.6 Å². The van der Waals surface area contributed by atoms with Crippen LogP contribution in [0.1, 0.15) is 48.0 Å². The SMILES string of the molecule is CC(C)C[C@H](O)CNC(=O)[C@@H](C)CNC(=O)OC(C)(C)C. The summed E-state index contributed by atoms with van der Waals surface area (Å²) in [6.45, 7) is 11.5. The molecule has 0 bridgehead atoms. The van der Waals surface area contributed by atoms with E-state index in [0.717, 1.165) is 0 Å². The van der Waals surface area contributed by atoms with Gasteiger partial charge in [0.05, 0.1) is 12.0 Å². The Bertz CT molecular complexity index is 337. The zero-order valence-corrected chi connectivity index (χ0v) is 14.0. The van der Waals surface area contributed by atoms with E-state index in [4.69, 9.17) is 4.74 Å². The van der Waals surface area contributed by atoms with Crippen LogP contribution in [0.5, 0.6) is 0 Å². The molecule has 2 amide bonds. The van der Waals surface area contributed by atoms with Crippen LogP contribution in [-0.4, -0.2) is 41.9 Å². The van der Waals surface area contributed by atoms with Crippen LogP contribution in [0.4, 0.5) is 4.79 Å². The van der Waals surface area contributed by atoms with Crippen LogP contribution in [-0.2, 0) is 9.53 Å². The molecule has 0 radical (unpaired) electrons. The molecule has 0 aliphatic rings. The molecule has 0 aromatic rings. The van der Waals surface area contributed by atoms with E-state index in [9.17, 15) is 14.7 Å². The number of carbonyl (C=O) groups excluding carboxylic acids is 2. The quantitative estimate of drug-likeness (QED) is 0.667. The van der Waals surface area contributed by atoms with Crippen molar-refractivity contribution in [2.75, 3.05) is 13.1 Å². The lowest BCUT2D eigenvalue weighted by atomic mass is 10.1. The van der Waals surface area contributed by atoms with Crippen molar-refractivity contribution < 1.29 is 19.4 Å². The highest BCUT2D eigenvalue weighted by molar-refractivity contribution is 5.79. The number of nitrogens with one attached hydrogen (secondary N) is 2. The third-order valence-corrected chi connectivity index (χ3v) is 2.65. The molecule has 0 aromatic carbocycles. The Balaban J connectivity index is 3.98. The van der Waals surface area contributed by atoms with Gasteiger partial charge < -0.3 is 20.5 Å². The number of rotatable bonds is 7. The number of hydrogen-bond donors (Lipinski definition) is 3. The molecule has 3 N–H and O–H groups in total. The standard InChI is InChI=1S/C15H30N2O4/c1-10(2)7-12(18)9-16-13(19)11(3)8-17-14(20)21-15(4,5)6/h10-12,18H,7-9H2,1-6H3,(H,16,19)(H,17,20)/t11-,12-/m0/s1. The Morgan fingerprint density at radius 1 is 1.10 bits per heavy atom. The molecule has 6 heteroatoms. The minimum Gasteiger partial charge on any atom is -0.444 e. The Morgan fingerprint density at radius 2 is 1.67 bits per heavy atom. The van der Waals surface area contributed by atoms with Crippen molar-refractivity contribution in [2.45, 2.75) is 59.7 Å². The van der Waals surface area contributed by atoms with Crippen molar-refractivity contribution in [1.29, 1.82) is 0 Å². The maximum absolute atomic E-state index is 11.8. The molecule has 0 unspecified atom stereocenters. The molecule has 0 fully saturated rings. The molecule has 0 aliphatic heterocycles. The molecular weight excluding hydrogens is 272 g/mol. The minimum atomic E-state index is -0.559. The summed E-state index contributed by atoms with van der Waals surface area (Å²) in [6.07, 6.45) is -0.438. The maximum Gasteiger partial charge on any atom is 0.407 e. The lowest BCUT2D eigenvalue weighted by Gasteiger charge is -2.21. The van der Waals surface area contributed by atoms with Gasteiger partial charge in [0.2, 0.25) is 5.91 Å².